The van der Waals surface area contributed by atoms with Crippen LogP contribution in [0.2, 0.25) is 0 Å². The fraction of sp³-hybridized carbons (Fsp3) is 0.179. The number of ether oxygens (including phenoxy) is 1. The van der Waals surface area contributed by atoms with Gasteiger partial charge in [0, 0.05) is 11.1 Å². The van der Waals surface area contributed by atoms with Crippen LogP contribution in [0.3, 0.4) is 0 Å². The molecule has 1 heterocycles. The van der Waals surface area contributed by atoms with Crippen molar-refractivity contribution in [2.75, 3.05) is 12.4 Å². The number of carbonyl (C=O) groups excluding carboxylic acids is 1. The van der Waals surface area contributed by atoms with Gasteiger partial charge in [-0.2, -0.15) is 5.10 Å². The Bertz CT molecular complexity index is 1450. The molecule has 1 aromatic heterocycles. The first-order valence-electron chi connectivity index (χ1n) is 11.0. The number of para-hydroxylation sites is 1. The van der Waals surface area contributed by atoms with Crippen LogP contribution in [0, 0.1) is 27.7 Å². The minimum Gasteiger partial charge on any atom is -0.496 e. The van der Waals surface area contributed by atoms with Crippen molar-refractivity contribution < 1.29 is 9.53 Å². The fourth-order valence-electron chi connectivity index (χ4n) is 3.90. The average molecular weight is 454 g/mol. The number of anilines is 1. The predicted octanol–water partition coefficient (Wildman–Crippen LogP) is 5.39. The molecular weight excluding hydrogens is 426 g/mol. The molecule has 0 unspecified atom stereocenters. The van der Waals surface area contributed by atoms with Crippen molar-refractivity contribution in [3.05, 3.63) is 105 Å². The van der Waals surface area contributed by atoms with Gasteiger partial charge in [-0.1, -0.05) is 42.5 Å². The molecule has 0 aliphatic heterocycles. The largest absolute Gasteiger partial charge is 0.496 e. The van der Waals surface area contributed by atoms with E-state index in [4.69, 9.17) is 4.74 Å². The van der Waals surface area contributed by atoms with Crippen LogP contribution in [-0.2, 0) is 0 Å². The highest BCUT2D eigenvalue weighted by molar-refractivity contribution is 6.06. The second-order valence-corrected chi connectivity index (χ2v) is 8.29. The average Bonchev–Trinajstić information content (AvgIpc) is 2.83. The molecular formula is C28H27N3O3. The maximum Gasteiger partial charge on any atom is 0.257 e. The Morgan fingerprint density at radius 2 is 1.59 bits per heavy atom. The lowest BCUT2D eigenvalue weighted by Crippen LogP contribution is -2.25. The number of aryl methyl sites for hydroxylation is 4. The Hall–Kier alpha value is -4.19. The summed E-state index contributed by atoms with van der Waals surface area (Å²) >= 11 is 0. The van der Waals surface area contributed by atoms with E-state index in [2.05, 4.69) is 10.4 Å². The van der Waals surface area contributed by atoms with Gasteiger partial charge in [0.1, 0.15) is 17.3 Å². The zero-order valence-corrected chi connectivity index (χ0v) is 20.0. The maximum absolute atomic E-state index is 13.5. The maximum atomic E-state index is 13.5. The Balaban J connectivity index is 2.03. The highest BCUT2D eigenvalue weighted by Gasteiger charge is 2.23. The van der Waals surface area contributed by atoms with Crippen LogP contribution in [0.5, 0.6) is 5.75 Å². The first kappa shape index (κ1) is 23.0. The van der Waals surface area contributed by atoms with E-state index in [0.29, 0.717) is 28.1 Å². The van der Waals surface area contributed by atoms with Gasteiger partial charge in [0.2, 0.25) is 5.43 Å². The number of amides is 1. The van der Waals surface area contributed by atoms with E-state index in [1.54, 1.807) is 30.8 Å². The van der Waals surface area contributed by atoms with E-state index < -0.39 is 0 Å². The van der Waals surface area contributed by atoms with Gasteiger partial charge in [0.25, 0.3) is 5.91 Å². The highest BCUT2D eigenvalue weighted by Crippen LogP contribution is 2.34. The van der Waals surface area contributed by atoms with Crippen molar-refractivity contribution in [2.45, 2.75) is 27.7 Å². The predicted molar refractivity (Wildman–Crippen MR) is 135 cm³/mol. The summed E-state index contributed by atoms with van der Waals surface area (Å²) in [6, 6.07) is 20.5. The monoisotopic (exact) mass is 453 g/mol. The van der Waals surface area contributed by atoms with E-state index in [1.807, 2.05) is 75.4 Å². The fourth-order valence-corrected chi connectivity index (χ4v) is 3.90. The Kier molecular flexibility index (Phi) is 6.32. The van der Waals surface area contributed by atoms with Gasteiger partial charge in [-0.25, -0.2) is 4.68 Å². The van der Waals surface area contributed by atoms with Gasteiger partial charge in [-0.15, -0.1) is 0 Å². The lowest BCUT2D eigenvalue weighted by atomic mass is 10.0. The summed E-state index contributed by atoms with van der Waals surface area (Å²) in [4.78, 5) is 26.9. The van der Waals surface area contributed by atoms with Gasteiger partial charge in [0.05, 0.1) is 18.4 Å². The minimum atomic E-state index is -0.322. The molecule has 0 fully saturated rings. The Morgan fingerprint density at radius 3 is 2.29 bits per heavy atom. The van der Waals surface area contributed by atoms with E-state index in [9.17, 15) is 9.59 Å². The van der Waals surface area contributed by atoms with Gasteiger partial charge in [-0.3, -0.25) is 9.59 Å². The molecule has 0 atom stereocenters. The summed E-state index contributed by atoms with van der Waals surface area (Å²) in [6.45, 7) is 7.59. The molecule has 0 aliphatic rings. The smallest absolute Gasteiger partial charge is 0.257 e. The third kappa shape index (κ3) is 4.22. The molecule has 6 heteroatoms. The van der Waals surface area contributed by atoms with Gasteiger partial charge in [-0.05, 0) is 68.7 Å². The first-order valence-corrected chi connectivity index (χ1v) is 11.0. The molecule has 34 heavy (non-hydrogen) atoms. The number of nitrogens with zero attached hydrogens (tertiary/aromatic N) is 2. The molecule has 0 saturated carbocycles. The first-order chi connectivity index (χ1) is 16.3. The minimum absolute atomic E-state index is 0.273. The highest BCUT2D eigenvalue weighted by atomic mass is 16.5. The molecule has 0 saturated heterocycles. The van der Waals surface area contributed by atoms with Crippen LogP contribution in [0.15, 0.2) is 71.5 Å². The third-order valence-electron chi connectivity index (χ3n) is 5.99. The molecule has 0 bridgehead atoms. The van der Waals surface area contributed by atoms with Gasteiger partial charge >= 0.3 is 0 Å². The quantitative estimate of drug-likeness (QED) is 0.439. The second kappa shape index (κ2) is 9.35. The summed E-state index contributed by atoms with van der Waals surface area (Å²) in [5.41, 5.74) is 5.25. The molecule has 1 N–H and O–H groups in total. The second-order valence-electron chi connectivity index (χ2n) is 8.29. The molecule has 172 valence electrons. The van der Waals surface area contributed by atoms with Crippen molar-refractivity contribution in [1.29, 1.82) is 0 Å². The van der Waals surface area contributed by atoms with Crippen molar-refractivity contribution in [3.8, 4) is 22.6 Å². The summed E-state index contributed by atoms with van der Waals surface area (Å²) in [7, 11) is 1.56. The summed E-state index contributed by atoms with van der Waals surface area (Å²) < 4.78 is 7.18. The van der Waals surface area contributed by atoms with Crippen LogP contribution in [0.25, 0.3) is 16.8 Å². The number of methoxy groups -OCH3 is 1. The van der Waals surface area contributed by atoms with Gasteiger partial charge < -0.3 is 10.1 Å². The van der Waals surface area contributed by atoms with Crippen molar-refractivity contribution >= 4 is 11.7 Å². The number of hydrogen-bond donors (Lipinski definition) is 1. The van der Waals surface area contributed by atoms with Crippen LogP contribution in [0.1, 0.15) is 32.7 Å². The van der Waals surface area contributed by atoms with Crippen LogP contribution in [0.4, 0.5) is 5.82 Å². The van der Waals surface area contributed by atoms with Crippen molar-refractivity contribution in [3.63, 3.8) is 0 Å². The summed E-state index contributed by atoms with van der Waals surface area (Å²) in [6.07, 6.45) is 0. The van der Waals surface area contributed by atoms with E-state index in [0.717, 1.165) is 22.4 Å². The number of benzene rings is 3. The third-order valence-corrected chi connectivity index (χ3v) is 5.99. The summed E-state index contributed by atoms with van der Waals surface area (Å²) in [5.74, 6) is 0.497. The van der Waals surface area contributed by atoms with Crippen LogP contribution in [-0.4, -0.2) is 22.8 Å². The van der Waals surface area contributed by atoms with Crippen molar-refractivity contribution in [2.24, 2.45) is 0 Å². The van der Waals surface area contributed by atoms with E-state index >= 15 is 0 Å². The molecule has 4 rings (SSSR count). The zero-order valence-electron chi connectivity index (χ0n) is 20.0. The number of rotatable bonds is 5. The molecule has 4 aromatic rings. The van der Waals surface area contributed by atoms with E-state index in [1.165, 1.54) is 0 Å². The zero-order chi connectivity index (χ0) is 24.4. The SMILES string of the molecule is COc1ccccc1-c1c(NC(=O)c2ccccc2C)n(-c2ccc(C)c(C)c2)nc(C)c1=O. The topological polar surface area (TPSA) is 73.2 Å². The van der Waals surface area contributed by atoms with Crippen LogP contribution >= 0.6 is 0 Å². The molecule has 3 aromatic carbocycles. The van der Waals surface area contributed by atoms with Gasteiger partial charge in [0.15, 0.2) is 0 Å². The Morgan fingerprint density at radius 1 is 0.882 bits per heavy atom. The molecule has 0 radical (unpaired) electrons. The van der Waals surface area contributed by atoms with E-state index in [-0.39, 0.29) is 17.2 Å². The standard InChI is InChI=1S/C28H27N3O3/c1-17-14-15-21(16-19(17)3)31-27(29-28(33)22-11-7-6-10-18(22)2)25(26(32)20(4)30-31)23-12-8-9-13-24(23)34-5/h6-16H,1-5H3,(H,29,33). The molecule has 1 amide bonds. The van der Waals surface area contributed by atoms with Crippen molar-refractivity contribution in [1.82, 2.24) is 9.78 Å². The number of nitrogens with one attached hydrogen (secondary N) is 1. The number of aromatic nitrogens is 2. The number of carbonyl (C=O) groups is 1. The molecule has 6 nitrogen and oxygen atoms in total. The van der Waals surface area contributed by atoms with Crippen LogP contribution < -0.4 is 15.5 Å². The molecule has 0 aliphatic carbocycles. The lowest BCUT2D eigenvalue weighted by molar-refractivity contribution is 0.102. The molecule has 0 spiro atoms. The normalized spacial score (nSPS) is 10.7. The lowest BCUT2D eigenvalue weighted by Gasteiger charge is -2.20. The number of hydrogen-bond acceptors (Lipinski definition) is 4. The summed E-state index contributed by atoms with van der Waals surface area (Å²) in [5, 5.41) is 7.57. The Labute approximate surface area is 198 Å².